The normalized spacial score (nSPS) is 26.4. The van der Waals surface area contributed by atoms with E-state index in [1.165, 1.54) is 19.0 Å². The monoisotopic (exact) mass is 560 g/mol. The number of hydrogen-bond donors (Lipinski definition) is 7. The number of nitrogens with one attached hydrogen (secondary N) is 2. The van der Waals surface area contributed by atoms with Crippen LogP contribution in [0, 0.1) is 17.7 Å². The summed E-state index contributed by atoms with van der Waals surface area (Å²) >= 11 is 0. The van der Waals surface area contributed by atoms with Gasteiger partial charge in [-0.25, -0.2) is 4.39 Å². The number of rotatable bonds is 5. The van der Waals surface area contributed by atoms with Gasteiger partial charge >= 0.3 is 0 Å². The molecule has 8 N–H and O–H groups in total. The van der Waals surface area contributed by atoms with Crippen LogP contribution in [-0.2, 0) is 20.8 Å². The second-order valence-electron chi connectivity index (χ2n) is 11.7. The molecule has 0 radical (unpaired) electrons. The number of Topliss-reactive ketones (excluding diaryl/α,β-unsaturated/α-hetero) is 2. The van der Waals surface area contributed by atoms with Gasteiger partial charge in [-0.2, -0.15) is 0 Å². The summed E-state index contributed by atoms with van der Waals surface area (Å²) in [5, 5.41) is 49.9. The number of phenolic OH excluding ortho intramolecular Hbond substituents is 1. The van der Waals surface area contributed by atoms with Crippen LogP contribution in [0.4, 0.5) is 10.1 Å². The summed E-state index contributed by atoms with van der Waals surface area (Å²) in [5.74, 6) is -9.87. The summed E-state index contributed by atoms with van der Waals surface area (Å²) in [6.07, 6.45) is -0.364. The number of ketones is 2. The van der Waals surface area contributed by atoms with Crippen LogP contribution in [-0.4, -0.2) is 86.5 Å². The van der Waals surface area contributed by atoms with Gasteiger partial charge in [-0.15, -0.1) is 0 Å². The second kappa shape index (κ2) is 9.68. The van der Waals surface area contributed by atoms with Gasteiger partial charge < -0.3 is 36.8 Å². The van der Waals surface area contributed by atoms with Crippen molar-refractivity contribution < 1.29 is 44.0 Å². The first-order chi connectivity index (χ1) is 18.4. The van der Waals surface area contributed by atoms with Crippen LogP contribution in [0.2, 0.25) is 0 Å². The standard InChI is InChI=1S/C27H33FN4O8/c1-26(2,3)30-9-15(33)31-14-8-13(28)11-6-10-7-12-19(32(4)5)22(36)18(25(29)39)24(38)27(12,40)23(37)16(10)21(35)17(11)20(14)34/h8,10,12,19,30,34,36-37,40H,6-7,9H2,1-5H3,(H2,29,39)(H,31,33)/t10-,12-,19-,27-/m0/s1. The van der Waals surface area contributed by atoms with Gasteiger partial charge in [0.1, 0.15) is 22.9 Å². The zero-order valence-electron chi connectivity index (χ0n) is 22.8. The number of likely N-dealkylation sites (N-methyl/N-ethyl adjacent to an activating group) is 1. The second-order valence-corrected chi connectivity index (χ2v) is 11.7. The topological polar surface area (TPSA) is 203 Å². The maximum atomic E-state index is 15.3. The van der Waals surface area contributed by atoms with Gasteiger partial charge in [0, 0.05) is 28.7 Å². The van der Waals surface area contributed by atoms with Crippen LogP contribution < -0.4 is 16.4 Å². The van der Waals surface area contributed by atoms with Gasteiger partial charge in [0.15, 0.2) is 17.1 Å². The number of primary amides is 1. The Morgan fingerprint density at radius 2 is 1.82 bits per heavy atom. The molecule has 0 fully saturated rings. The Balaban J connectivity index is 1.82. The maximum absolute atomic E-state index is 15.3. The number of nitrogens with zero attached hydrogens (tertiary/aromatic N) is 1. The highest BCUT2D eigenvalue weighted by atomic mass is 19.1. The molecule has 0 bridgehead atoms. The Morgan fingerprint density at radius 1 is 1.20 bits per heavy atom. The third kappa shape index (κ3) is 4.43. The Kier molecular flexibility index (Phi) is 7.06. The average molecular weight is 561 g/mol. The van der Waals surface area contributed by atoms with E-state index in [0.29, 0.717) is 0 Å². The lowest BCUT2D eigenvalue weighted by molar-refractivity contribution is -0.148. The van der Waals surface area contributed by atoms with E-state index < -0.39 is 92.2 Å². The van der Waals surface area contributed by atoms with Crippen LogP contribution >= 0.6 is 0 Å². The van der Waals surface area contributed by atoms with E-state index in [1.54, 1.807) is 0 Å². The van der Waals surface area contributed by atoms with Crippen LogP contribution in [0.3, 0.4) is 0 Å². The van der Waals surface area contributed by atoms with Crippen molar-refractivity contribution >= 4 is 29.1 Å². The molecule has 13 heteroatoms. The van der Waals surface area contributed by atoms with Crippen molar-refractivity contribution in [3.63, 3.8) is 0 Å². The Labute approximate surface area is 229 Å². The van der Waals surface area contributed by atoms with Crippen molar-refractivity contribution in [2.24, 2.45) is 17.6 Å². The van der Waals surface area contributed by atoms with Crippen LogP contribution in [0.25, 0.3) is 0 Å². The van der Waals surface area contributed by atoms with Crippen molar-refractivity contribution in [1.82, 2.24) is 10.2 Å². The number of hydrogen-bond acceptors (Lipinski definition) is 10. The number of nitrogens with two attached hydrogens (primary N) is 1. The highest BCUT2D eigenvalue weighted by Gasteiger charge is 2.63. The number of fused-ring (bicyclic) bond motifs is 3. The summed E-state index contributed by atoms with van der Waals surface area (Å²) in [4.78, 5) is 52.9. The lowest BCUT2D eigenvalue weighted by atomic mass is 9.58. The van der Waals surface area contributed by atoms with E-state index >= 15 is 4.39 Å². The number of allylic oxidation sites excluding steroid dienone is 1. The van der Waals surface area contributed by atoms with E-state index in [4.69, 9.17) is 5.73 Å². The molecule has 3 aliphatic carbocycles. The minimum Gasteiger partial charge on any atom is -0.510 e. The third-order valence-corrected chi connectivity index (χ3v) is 7.72. The quantitative estimate of drug-likeness (QED) is 0.197. The first-order valence-corrected chi connectivity index (χ1v) is 12.7. The van der Waals surface area contributed by atoms with Crippen LogP contribution in [0.5, 0.6) is 5.75 Å². The van der Waals surface area contributed by atoms with Crippen molar-refractivity contribution in [1.29, 1.82) is 0 Å². The average Bonchev–Trinajstić information content (AvgIpc) is 2.82. The number of phenols is 1. The molecule has 40 heavy (non-hydrogen) atoms. The van der Waals surface area contributed by atoms with Gasteiger partial charge in [0.05, 0.1) is 23.8 Å². The predicted molar refractivity (Wildman–Crippen MR) is 140 cm³/mol. The number of benzene rings is 1. The van der Waals surface area contributed by atoms with Gasteiger partial charge in [0.25, 0.3) is 5.91 Å². The minimum absolute atomic E-state index is 0.164. The molecule has 0 aromatic heterocycles. The summed E-state index contributed by atoms with van der Waals surface area (Å²) in [5.41, 5.74) is -0.307. The molecule has 0 heterocycles. The third-order valence-electron chi connectivity index (χ3n) is 7.72. The fourth-order valence-corrected chi connectivity index (χ4v) is 5.91. The van der Waals surface area contributed by atoms with Crippen molar-refractivity contribution in [3.05, 3.63) is 45.7 Å². The molecular weight excluding hydrogens is 527 g/mol. The van der Waals surface area contributed by atoms with Gasteiger partial charge in [-0.1, -0.05) is 0 Å². The number of carbonyl (C=O) groups excluding carboxylic acids is 4. The molecule has 12 nitrogen and oxygen atoms in total. The lowest BCUT2D eigenvalue weighted by Gasteiger charge is -2.50. The highest BCUT2D eigenvalue weighted by Crippen LogP contribution is 2.53. The van der Waals surface area contributed by atoms with E-state index in [-0.39, 0.29) is 30.6 Å². The van der Waals surface area contributed by atoms with Crippen molar-refractivity contribution in [3.8, 4) is 5.75 Å². The zero-order valence-corrected chi connectivity index (χ0v) is 22.8. The largest absolute Gasteiger partial charge is 0.510 e. The van der Waals surface area contributed by atoms with E-state index in [0.717, 1.165) is 6.07 Å². The fourth-order valence-electron chi connectivity index (χ4n) is 5.91. The number of aliphatic hydroxyl groups excluding tert-OH is 2. The smallest absolute Gasteiger partial charge is 0.255 e. The van der Waals surface area contributed by atoms with E-state index in [9.17, 15) is 39.6 Å². The molecule has 0 unspecified atom stereocenters. The summed E-state index contributed by atoms with van der Waals surface area (Å²) in [7, 11) is 3.02. The number of anilines is 1. The maximum Gasteiger partial charge on any atom is 0.255 e. The summed E-state index contributed by atoms with van der Waals surface area (Å²) in [6.45, 7) is 5.32. The van der Waals surface area contributed by atoms with Crippen LogP contribution in [0.15, 0.2) is 28.7 Å². The zero-order chi connectivity index (χ0) is 30.1. The first-order valence-electron chi connectivity index (χ1n) is 12.7. The lowest BCUT2D eigenvalue weighted by Crippen LogP contribution is -2.63. The summed E-state index contributed by atoms with van der Waals surface area (Å²) in [6, 6.07) is -0.257. The Hall–Kier alpha value is -3.81. The predicted octanol–water partition coefficient (Wildman–Crippen LogP) is 0.586. The summed E-state index contributed by atoms with van der Waals surface area (Å²) < 4.78 is 15.3. The number of aliphatic hydroxyl groups is 3. The number of aromatic hydroxyl groups is 1. The SMILES string of the molecule is CN(C)[C@@H]1C(O)=C(C(N)=O)C(=O)[C@@]2(O)C(O)=C3C(=O)c4c(O)c(NC(=O)CNC(C)(C)C)cc(F)c4C[C@H]3C[C@@H]12. The van der Waals surface area contributed by atoms with Crippen molar-refractivity contribution in [2.75, 3.05) is 26.0 Å². The van der Waals surface area contributed by atoms with Gasteiger partial charge in [0.2, 0.25) is 11.7 Å². The van der Waals surface area contributed by atoms with Gasteiger partial charge in [-0.05, 0) is 53.6 Å². The van der Waals surface area contributed by atoms with E-state index in [2.05, 4.69) is 10.6 Å². The Morgan fingerprint density at radius 3 is 2.38 bits per heavy atom. The van der Waals surface area contributed by atoms with Gasteiger partial charge in [-0.3, -0.25) is 24.1 Å². The highest BCUT2D eigenvalue weighted by molar-refractivity contribution is 6.25. The molecule has 3 aliphatic rings. The molecule has 0 aliphatic heterocycles. The van der Waals surface area contributed by atoms with Crippen LogP contribution in [0.1, 0.15) is 43.1 Å². The number of amides is 2. The molecule has 0 saturated carbocycles. The molecule has 216 valence electrons. The molecule has 0 spiro atoms. The Bertz CT molecular complexity index is 1410. The molecule has 0 saturated heterocycles. The first kappa shape index (κ1) is 29.2. The molecule has 2 amide bonds. The molecule has 1 aromatic rings. The minimum atomic E-state index is -2.80. The number of halogens is 1. The van der Waals surface area contributed by atoms with E-state index in [1.807, 2.05) is 20.8 Å². The molecule has 4 rings (SSSR count). The fraction of sp³-hybridized carbons (Fsp3) is 0.481. The molecular formula is C27H33FN4O8. The van der Waals surface area contributed by atoms with Crippen molar-refractivity contribution in [2.45, 2.75) is 50.8 Å². The molecule has 4 atom stereocenters. The number of carbonyl (C=O) groups is 4. The molecule has 1 aromatic carbocycles.